The highest BCUT2D eigenvalue weighted by atomic mass is 35.5. The van der Waals surface area contributed by atoms with E-state index in [4.69, 9.17) is 37.4 Å². The third-order valence-corrected chi connectivity index (χ3v) is 3.72. The lowest BCUT2D eigenvalue weighted by atomic mass is 9.98. The number of ether oxygens (including phenoxy) is 3. The van der Waals surface area contributed by atoms with Crippen LogP contribution in [-0.4, -0.2) is 66.6 Å². The number of halogens is 2. The van der Waals surface area contributed by atoms with Gasteiger partial charge in [-0.25, -0.2) is 14.4 Å². The number of hydrogen-bond donors (Lipinski definition) is 0. The van der Waals surface area contributed by atoms with Crippen LogP contribution in [0.15, 0.2) is 25.3 Å². The van der Waals surface area contributed by atoms with Crippen molar-refractivity contribution in [3.63, 3.8) is 0 Å². The SMILES string of the molecule is C=CC(=O)OCCC(C)(CCOC(=O)N(CCCl)CCCl)OC(=O)C=C. The number of carbonyl (C=O) groups is 3. The first kappa shape index (κ1) is 24.3. The van der Waals surface area contributed by atoms with Gasteiger partial charge in [0.1, 0.15) is 5.60 Å². The fourth-order valence-corrected chi connectivity index (χ4v) is 2.29. The summed E-state index contributed by atoms with van der Waals surface area (Å²) in [7, 11) is 0. The van der Waals surface area contributed by atoms with Crippen molar-refractivity contribution in [2.24, 2.45) is 0 Å². The molecule has 0 spiro atoms. The molecule has 148 valence electrons. The fraction of sp³-hybridized carbons (Fsp3) is 0.588. The van der Waals surface area contributed by atoms with Crippen molar-refractivity contribution in [1.82, 2.24) is 4.90 Å². The summed E-state index contributed by atoms with van der Waals surface area (Å²) in [4.78, 5) is 36.1. The van der Waals surface area contributed by atoms with Crippen LogP contribution in [-0.2, 0) is 23.8 Å². The number of alkyl halides is 2. The van der Waals surface area contributed by atoms with Crippen molar-refractivity contribution < 1.29 is 28.6 Å². The average Bonchev–Trinajstić information content (AvgIpc) is 2.60. The zero-order valence-electron chi connectivity index (χ0n) is 14.9. The van der Waals surface area contributed by atoms with Crippen LogP contribution in [0.4, 0.5) is 4.79 Å². The molecule has 0 aromatic rings. The second-order valence-corrected chi connectivity index (χ2v) is 6.18. The molecule has 0 N–H and O–H groups in total. The van der Waals surface area contributed by atoms with E-state index < -0.39 is 23.6 Å². The van der Waals surface area contributed by atoms with E-state index in [1.807, 2.05) is 0 Å². The molecule has 7 nitrogen and oxygen atoms in total. The van der Waals surface area contributed by atoms with Crippen molar-refractivity contribution >= 4 is 41.2 Å². The number of rotatable bonds is 13. The normalized spacial score (nSPS) is 12.4. The first-order valence-corrected chi connectivity index (χ1v) is 9.07. The van der Waals surface area contributed by atoms with E-state index in [-0.39, 0.29) is 37.8 Å². The van der Waals surface area contributed by atoms with Crippen LogP contribution >= 0.6 is 23.2 Å². The maximum atomic E-state index is 12.0. The van der Waals surface area contributed by atoms with Crippen LogP contribution in [0.5, 0.6) is 0 Å². The highest BCUT2D eigenvalue weighted by Gasteiger charge is 2.29. The largest absolute Gasteiger partial charge is 0.462 e. The minimum atomic E-state index is -1.00. The number of carbonyl (C=O) groups excluding carboxylic acids is 3. The lowest BCUT2D eigenvalue weighted by molar-refractivity contribution is -0.156. The Labute approximate surface area is 163 Å². The zero-order valence-corrected chi connectivity index (χ0v) is 16.4. The minimum Gasteiger partial charge on any atom is -0.462 e. The summed E-state index contributed by atoms with van der Waals surface area (Å²) in [5.74, 6) is -0.684. The van der Waals surface area contributed by atoms with Crippen LogP contribution in [0.2, 0.25) is 0 Å². The van der Waals surface area contributed by atoms with E-state index in [0.29, 0.717) is 13.1 Å². The highest BCUT2D eigenvalue weighted by Crippen LogP contribution is 2.21. The number of hydrogen-bond acceptors (Lipinski definition) is 6. The number of amides is 1. The zero-order chi connectivity index (χ0) is 20.0. The van der Waals surface area contributed by atoms with E-state index in [1.54, 1.807) is 6.92 Å². The molecule has 1 atom stereocenters. The van der Waals surface area contributed by atoms with Gasteiger partial charge in [-0.3, -0.25) is 0 Å². The van der Waals surface area contributed by atoms with Gasteiger partial charge in [-0.05, 0) is 6.92 Å². The Bertz CT molecular complexity index is 494. The maximum Gasteiger partial charge on any atom is 0.409 e. The van der Waals surface area contributed by atoms with E-state index >= 15 is 0 Å². The number of nitrogens with zero attached hydrogens (tertiary/aromatic N) is 1. The topological polar surface area (TPSA) is 82.1 Å². The van der Waals surface area contributed by atoms with Gasteiger partial charge in [0.25, 0.3) is 0 Å². The Balaban J connectivity index is 4.67. The Morgan fingerprint density at radius 3 is 1.92 bits per heavy atom. The molecule has 1 amide bonds. The van der Waals surface area contributed by atoms with Gasteiger partial charge in [0.2, 0.25) is 0 Å². The van der Waals surface area contributed by atoms with E-state index in [1.165, 1.54) is 4.90 Å². The predicted molar refractivity (Wildman–Crippen MR) is 99.4 cm³/mol. The molecule has 0 rings (SSSR count). The summed E-state index contributed by atoms with van der Waals surface area (Å²) in [5, 5.41) is 0. The molecule has 0 fully saturated rings. The van der Waals surface area contributed by atoms with Gasteiger partial charge >= 0.3 is 18.0 Å². The third-order valence-electron chi connectivity index (χ3n) is 3.38. The molecule has 0 saturated heterocycles. The first-order chi connectivity index (χ1) is 12.3. The van der Waals surface area contributed by atoms with Crippen molar-refractivity contribution in [2.75, 3.05) is 38.1 Å². The van der Waals surface area contributed by atoms with Gasteiger partial charge in [-0.1, -0.05) is 13.2 Å². The minimum absolute atomic E-state index is 0.00374. The molecule has 9 heteroatoms. The lowest BCUT2D eigenvalue weighted by Gasteiger charge is -2.29. The maximum absolute atomic E-state index is 12.0. The monoisotopic (exact) mass is 409 g/mol. The molecule has 0 aromatic heterocycles. The molecule has 0 radical (unpaired) electrons. The van der Waals surface area contributed by atoms with E-state index in [0.717, 1.165) is 12.2 Å². The highest BCUT2D eigenvalue weighted by molar-refractivity contribution is 6.18. The molecule has 26 heavy (non-hydrogen) atoms. The molecule has 0 aliphatic carbocycles. The van der Waals surface area contributed by atoms with Gasteiger partial charge in [0.05, 0.1) is 13.2 Å². The fourth-order valence-electron chi connectivity index (χ4n) is 1.88. The van der Waals surface area contributed by atoms with Gasteiger partial charge in [-0.15, -0.1) is 23.2 Å². The van der Waals surface area contributed by atoms with Crippen LogP contribution in [0.3, 0.4) is 0 Å². The molecule has 0 aliphatic rings. The van der Waals surface area contributed by atoms with Crippen molar-refractivity contribution in [3.8, 4) is 0 Å². The smallest absolute Gasteiger partial charge is 0.409 e. The molecule has 0 heterocycles. The van der Waals surface area contributed by atoms with Crippen molar-refractivity contribution in [3.05, 3.63) is 25.3 Å². The summed E-state index contributed by atoms with van der Waals surface area (Å²) in [6.07, 6.45) is 1.94. The van der Waals surface area contributed by atoms with Gasteiger partial charge in [-0.2, -0.15) is 0 Å². The summed E-state index contributed by atoms with van der Waals surface area (Å²) >= 11 is 11.3. The van der Waals surface area contributed by atoms with Gasteiger partial charge in [0.15, 0.2) is 0 Å². The van der Waals surface area contributed by atoms with Gasteiger partial charge in [0, 0.05) is 49.8 Å². The molecule has 1 unspecified atom stereocenters. The van der Waals surface area contributed by atoms with Gasteiger partial charge < -0.3 is 19.1 Å². The predicted octanol–water partition coefficient (Wildman–Crippen LogP) is 2.90. The summed E-state index contributed by atoms with van der Waals surface area (Å²) in [6.45, 7) is 8.94. The second-order valence-electron chi connectivity index (χ2n) is 5.43. The van der Waals surface area contributed by atoms with Crippen LogP contribution in [0.25, 0.3) is 0 Å². The quantitative estimate of drug-likeness (QED) is 0.201. The van der Waals surface area contributed by atoms with E-state index in [9.17, 15) is 14.4 Å². The standard InChI is InChI=1S/C17H25Cl2NO6/c1-4-14(21)24-12-6-17(3,26-15(22)5-2)7-13-25-16(23)20(10-8-18)11-9-19/h4-5H,1-2,6-13H2,3H3. The Morgan fingerprint density at radius 1 is 0.962 bits per heavy atom. The second kappa shape index (κ2) is 13.5. The molecule has 0 bridgehead atoms. The van der Waals surface area contributed by atoms with Crippen LogP contribution < -0.4 is 0 Å². The Kier molecular flexibility index (Phi) is 12.6. The Hall–Kier alpha value is -1.73. The van der Waals surface area contributed by atoms with Crippen molar-refractivity contribution in [2.45, 2.75) is 25.4 Å². The average molecular weight is 410 g/mol. The molecular formula is C17H25Cl2NO6. The molecule has 0 aliphatic heterocycles. The molecular weight excluding hydrogens is 385 g/mol. The summed E-state index contributed by atoms with van der Waals surface area (Å²) < 4.78 is 15.4. The first-order valence-electron chi connectivity index (χ1n) is 8.00. The number of esters is 2. The van der Waals surface area contributed by atoms with Crippen LogP contribution in [0.1, 0.15) is 19.8 Å². The summed E-state index contributed by atoms with van der Waals surface area (Å²) in [6, 6.07) is 0. The van der Waals surface area contributed by atoms with E-state index in [2.05, 4.69) is 13.2 Å². The Morgan fingerprint density at radius 2 is 1.46 bits per heavy atom. The molecule has 0 aromatic carbocycles. The lowest BCUT2D eigenvalue weighted by Crippen LogP contribution is -2.38. The molecule has 0 saturated carbocycles. The van der Waals surface area contributed by atoms with Crippen LogP contribution in [0, 0.1) is 0 Å². The van der Waals surface area contributed by atoms with Crippen molar-refractivity contribution in [1.29, 1.82) is 0 Å². The third kappa shape index (κ3) is 10.3. The summed E-state index contributed by atoms with van der Waals surface area (Å²) in [5.41, 5.74) is -1.00.